The number of benzene rings is 1. The van der Waals surface area contributed by atoms with E-state index in [2.05, 4.69) is 28.9 Å². The fraction of sp³-hybridized carbons (Fsp3) is 0.684. The SMILES string of the molecule is CCCCCN1CCN(CCc2ccc3c(c2)OCN([O-])C3)CC1. The third-order valence-corrected chi connectivity index (χ3v) is 5.10. The van der Waals surface area contributed by atoms with Crippen molar-refractivity contribution < 1.29 is 4.74 Å². The number of hydrogen-bond donors (Lipinski definition) is 0. The molecule has 0 aromatic heterocycles. The number of ether oxygens (including phenoxy) is 1. The van der Waals surface area contributed by atoms with Crippen molar-refractivity contribution in [1.29, 1.82) is 0 Å². The lowest BCUT2D eigenvalue weighted by atomic mass is 10.1. The lowest BCUT2D eigenvalue weighted by molar-refractivity contribution is 0.131. The van der Waals surface area contributed by atoms with Gasteiger partial charge in [-0.25, -0.2) is 0 Å². The average Bonchev–Trinajstić information content (AvgIpc) is 2.61. The molecule has 0 atom stereocenters. The minimum atomic E-state index is 0.149. The standard InChI is InChI=1S/C19H30N3O2/c1-2-3-4-8-20-10-12-21(13-11-20)9-7-17-5-6-18-15-22(23)16-24-19(18)14-17/h5-6,14H,2-4,7-13,15-16H2,1H3/q-1. The van der Waals surface area contributed by atoms with Crippen molar-refractivity contribution >= 4 is 0 Å². The molecule has 2 aliphatic heterocycles. The Kier molecular flexibility index (Phi) is 6.49. The van der Waals surface area contributed by atoms with Gasteiger partial charge in [0.1, 0.15) is 12.5 Å². The van der Waals surface area contributed by atoms with Gasteiger partial charge in [0, 0.05) is 44.8 Å². The lowest BCUT2D eigenvalue weighted by Gasteiger charge is -2.35. The van der Waals surface area contributed by atoms with E-state index in [0.717, 1.165) is 29.3 Å². The third-order valence-electron chi connectivity index (χ3n) is 5.10. The molecular weight excluding hydrogens is 302 g/mol. The van der Waals surface area contributed by atoms with Gasteiger partial charge in [-0.05, 0) is 31.0 Å². The molecule has 5 heteroatoms. The molecule has 0 bridgehead atoms. The first kappa shape index (κ1) is 17.7. The molecule has 3 rings (SSSR count). The van der Waals surface area contributed by atoms with Crippen LogP contribution in [0.2, 0.25) is 0 Å². The van der Waals surface area contributed by atoms with Gasteiger partial charge in [0.2, 0.25) is 0 Å². The lowest BCUT2D eigenvalue weighted by Crippen LogP contribution is -2.47. The first-order valence-electron chi connectivity index (χ1n) is 9.36. The summed E-state index contributed by atoms with van der Waals surface area (Å²) < 4.78 is 5.52. The second-order valence-corrected chi connectivity index (χ2v) is 7.00. The van der Waals surface area contributed by atoms with Crippen molar-refractivity contribution in [2.75, 3.05) is 46.0 Å². The number of hydrogen-bond acceptors (Lipinski definition) is 5. The molecule has 5 nitrogen and oxygen atoms in total. The van der Waals surface area contributed by atoms with Gasteiger partial charge in [-0.15, -0.1) is 0 Å². The molecule has 0 saturated carbocycles. The van der Waals surface area contributed by atoms with E-state index in [-0.39, 0.29) is 6.73 Å². The minimum absolute atomic E-state index is 0.149. The summed E-state index contributed by atoms with van der Waals surface area (Å²) in [4.78, 5) is 5.17. The smallest absolute Gasteiger partial charge is 0.131 e. The quantitative estimate of drug-likeness (QED) is 0.718. The van der Waals surface area contributed by atoms with Gasteiger partial charge < -0.3 is 24.8 Å². The van der Waals surface area contributed by atoms with E-state index in [4.69, 9.17) is 4.74 Å². The maximum atomic E-state index is 11.3. The Labute approximate surface area is 145 Å². The molecule has 1 fully saturated rings. The molecule has 0 unspecified atom stereocenters. The second-order valence-electron chi connectivity index (χ2n) is 7.00. The van der Waals surface area contributed by atoms with E-state index >= 15 is 0 Å². The highest BCUT2D eigenvalue weighted by Crippen LogP contribution is 2.26. The van der Waals surface area contributed by atoms with Crippen molar-refractivity contribution in [2.45, 2.75) is 39.2 Å². The summed E-state index contributed by atoms with van der Waals surface area (Å²) in [6.45, 7) is 9.99. The van der Waals surface area contributed by atoms with Crippen LogP contribution >= 0.6 is 0 Å². The summed E-state index contributed by atoms with van der Waals surface area (Å²) in [7, 11) is 0. The second kappa shape index (κ2) is 8.81. The fourth-order valence-corrected chi connectivity index (χ4v) is 3.51. The first-order valence-corrected chi connectivity index (χ1v) is 9.36. The van der Waals surface area contributed by atoms with Gasteiger partial charge in [-0.2, -0.15) is 0 Å². The van der Waals surface area contributed by atoms with E-state index < -0.39 is 0 Å². The topological polar surface area (TPSA) is 42.0 Å². The number of piperazine rings is 1. The van der Waals surface area contributed by atoms with E-state index in [1.807, 2.05) is 6.07 Å². The summed E-state index contributed by atoms with van der Waals surface area (Å²) in [5.41, 5.74) is 2.30. The number of hydroxylamine groups is 2. The molecule has 2 heterocycles. The Morgan fingerprint density at radius 2 is 1.79 bits per heavy atom. The molecule has 0 spiro atoms. The third kappa shape index (κ3) is 4.93. The number of nitrogens with zero attached hydrogens (tertiary/aromatic N) is 3. The molecule has 134 valence electrons. The molecule has 0 radical (unpaired) electrons. The molecule has 0 aliphatic carbocycles. The summed E-state index contributed by atoms with van der Waals surface area (Å²) in [6.07, 6.45) is 5.04. The highest BCUT2D eigenvalue weighted by molar-refractivity contribution is 5.38. The van der Waals surface area contributed by atoms with Crippen molar-refractivity contribution in [3.05, 3.63) is 34.5 Å². The van der Waals surface area contributed by atoms with Gasteiger partial charge in [-0.1, -0.05) is 31.9 Å². The number of fused-ring (bicyclic) bond motifs is 1. The molecular formula is C19H30N3O2-. The molecule has 1 aromatic carbocycles. The Hall–Kier alpha value is -1.14. The van der Waals surface area contributed by atoms with Crippen LogP contribution < -0.4 is 4.74 Å². The van der Waals surface area contributed by atoms with Gasteiger partial charge in [0.25, 0.3) is 0 Å². The Bertz CT molecular complexity index is 515. The first-order chi connectivity index (χ1) is 11.7. The normalized spacial score (nSPS) is 19.9. The number of rotatable bonds is 7. The molecule has 0 amide bonds. The van der Waals surface area contributed by atoms with E-state index in [1.54, 1.807) is 0 Å². The Balaban J connectivity index is 1.41. The van der Waals surface area contributed by atoms with Crippen LogP contribution in [-0.2, 0) is 13.0 Å². The van der Waals surface area contributed by atoms with Crippen LogP contribution in [0.1, 0.15) is 37.3 Å². The molecule has 1 aromatic rings. The van der Waals surface area contributed by atoms with Crippen molar-refractivity contribution in [3.63, 3.8) is 0 Å². The van der Waals surface area contributed by atoms with Crippen molar-refractivity contribution in [1.82, 2.24) is 14.9 Å². The van der Waals surface area contributed by atoms with Crippen LogP contribution in [0.3, 0.4) is 0 Å². The summed E-state index contributed by atoms with van der Waals surface area (Å²) >= 11 is 0. The molecule has 24 heavy (non-hydrogen) atoms. The van der Waals surface area contributed by atoms with Crippen molar-refractivity contribution in [3.8, 4) is 5.75 Å². The van der Waals surface area contributed by atoms with Crippen LogP contribution in [0, 0.1) is 5.21 Å². The monoisotopic (exact) mass is 332 g/mol. The maximum absolute atomic E-state index is 11.3. The fourth-order valence-electron chi connectivity index (χ4n) is 3.51. The Morgan fingerprint density at radius 1 is 1.04 bits per heavy atom. The summed E-state index contributed by atoms with van der Waals surface area (Å²) in [6, 6.07) is 6.30. The van der Waals surface area contributed by atoms with E-state index in [0.29, 0.717) is 6.54 Å². The van der Waals surface area contributed by atoms with Gasteiger partial charge in [-0.3, -0.25) is 0 Å². The predicted molar refractivity (Wildman–Crippen MR) is 97.0 cm³/mol. The highest BCUT2D eigenvalue weighted by Gasteiger charge is 2.17. The van der Waals surface area contributed by atoms with Crippen LogP contribution in [0.25, 0.3) is 0 Å². The average molecular weight is 332 g/mol. The molecule has 1 saturated heterocycles. The molecule has 2 aliphatic rings. The van der Waals surface area contributed by atoms with E-state index in [9.17, 15) is 5.21 Å². The Morgan fingerprint density at radius 3 is 2.54 bits per heavy atom. The molecule has 0 N–H and O–H groups in total. The zero-order valence-corrected chi connectivity index (χ0v) is 14.9. The predicted octanol–water partition coefficient (Wildman–Crippen LogP) is 2.69. The largest absolute Gasteiger partial charge is 0.783 e. The summed E-state index contributed by atoms with van der Waals surface area (Å²) in [5.74, 6) is 0.889. The van der Waals surface area contributed by atoms with Gasteiger partial charge in [0.15, 0.2) is 0 Å². The zero-order chi connectivity index (χ0) is 16.8. The van der Waals surface area contributed by atoms with Crippen molar-refractivity contribution in [2.24, 2.45) is 0 Å². The summed E-state index contributed by atoms with van der Waals surface area (Å²) in [5, 5.41) is 12.3. The van der Waals surface area contributed by atoms with Crippen LogP contribution in [0.15, 0.2) is 18.2 Å². The van der Waals surface area contributed by atoms with Gasteiger partial charge >= 0.3 is 0 Å². The number of unbranched alkanes of at least 4 members (excludes halogenated alkanes) is 2. The highest BCUT2D eigenvalue weighted by atomic mass is 16.6. The van der Waals surface area contributed by atoms with Crippen LogP contribution in [0.5, 0.6) is 5.75 Å². The van der Waals surface area contributed by atoms with Crippen LogP contribution in [-0.4, -0.2) is 60.9 Å². The maximum Gasteiger partial charge on any atom is 0.131 e. The van der Waals surface area contributed by atoms with Gasteiger partial charge in [0.05, 0.1) is 0 Å². The van der Waals surface area contributed by atoms with E-state index in [1.165, 1.54) is 57.5 Å². The minimum Gasteiger partial charge on any atom is -0.783 e. The van der Waals surface area contributed by atoms with Crippen LogP contribution in [0.4, 0.5) is 0 Å². The zero-order valence-electron chi connectivity index (χ0n) is 14.9.